The predicted octanol–water partition coefficient (Wildman–Crippen LogP) is 1.29. The van der Waals surface area contributed by atoms with Gasteiger partial charge in [-0.1, -0.05) is 24.3 Å². The summed E-state index contributed by atoms with van der Waals surface area (Å²) in [4.78, 5) is 23.2. The van der Waals surface area contributed by atoms with Crippen molar-refractivity contribution < 1.29 is 31.9 Å². The number of esters is 1. The molecule has 0 aliphatic carbocycles. The molecular formula is C19H20FN3O6S. The van der Waals surface area contributed by atoms with E-state index in [9.17, 15) is 22.4 Å². The number of hydrogen-bond acceptors (Lipinski definition) is 7. The number of methoxy groups -OCH3 is 1. The van der Waals surface area contributed by atoms with Gasteiger partial charge in [-0.25, -0.2) is 23.0 Å². The molecule has 1 N–H and O–H groups in total. The van der Waals surface area contributed by atoms with E-state index in [1.165, 1.54) is 31.5 Å². The molecule has 0 spiro atoms. The van der Waals surface area contributed by atoms with Gasteiger partial charge in [-0.05, 0) is 29.8 Å². The van der Waals surface area contributed by atoms with E-state index in [1.807, 2.05) is 0 Å². The third-order valence-corrected chi connectivity index (χ3v) is 4.78. The summed E-state index contributed by atoms with van der Waals surface area (Å²) in [6, 6.07) is 11.7. The Morgan fingerprint density at radius 1 is 1.20 bits per heavy atom. The van der Waals surface area contributed by atoms with Crippen molar-refractivity contribution in [2.45, 2.75) is 0 Å². The fourth-order valence-corrected chi connectivity index (χ4v) is 3.12. The number of nitrogens with one attached hydrogen (secondary N) is 1. The van der Waals surface area contributed by atoms with Gasteiger partial charge in [0.1, 0.15) is 18.1 Å². The smallest absolute Gasteiger partial charge is 0.343 e. The lowest BCUT2D eigenvalue weighted by molar-refractivity contribution is -0.142. The van der Waals surface area contributed by atoms with Crippen molar-refractivity contribution in [1.29, 1.82) is 0 Å². The summed E-state index contributed by atoms with van der Waals surface area (Å²) in [6.45, 7) is -0.912. The summed E-state index contributed by atoms with van der Waals surface area (Å²) >= 11 is 0. The first-order valence-corrected chi connectivity index (χ1v) is 10.4. The van der Waals surface area contributed by atoms with Crippen LogP contribution in [0.25, 0.3) is 0 Å². The number of carbonyl (C=O) groups is 2. The molecule has 0 saturated heterocycles. The van der Waals surface area contributed by atoms with Gasteiger partial charge in [-0.3, -0.25) is 9.10 Å². The number of amides is 1. The highest BCUT2D eigenvalue weighted by Crippen LogP contribution is 2.20. The molecule has 0 atom stereocenters. The van der Waals surface area contributed by atoms with Gasteiger partial charge in [0.05, 0.1) is 25.3 Å². The summed E-state index contributed by atoms with van der Waals surface area (Å²) in [5.41, 5.74) is 2.50. The highest BCUT2D eigenvalue weighted by molar-refractivity contribution is 7.92. The molecule has 2 aromatic carbocycles. The number of hydrazone groups is 1. The molecule has 2 rings (SSSR count). The lowest BCUT2D eigenvalue weighted by Gasteiger charge is -2.21. The van der Waals surface area contributed by atoms with Crippen LogP contribution in [0.15, 0.2) is 53.6 Å². The van der Waals surface area contributed by atoms with Crippen LogP contribution < -0.4 is 14.5 Å². The number of ether oxygens (including phenoxy) is 2. The van der Waals surface area contributed by atoms with E-state index in [1.54, 1.807) is 24.3 Å². The molecule has 1 amide bonds. The highest BCUT2D eigenvalue weighted by atomic mass is 32.2. The summed E-state index contributed by atoms with van der Waals surface area (Å²) in [6.07, 6.45) is 2.17. The number of anilines is 1. The number of carbonyl (C=O) groups excluding carboxylic acids is 2. The zero-order chi connectivity index (χ0) is 22.1. The van der Waals surface area contributed by atoms with Gasteiger partial charge in [0.15, 0.2) is 6.61 Å². The number of rotatable bonds is 9. The van der Waals surface area contributed by atoms with E-state index in [2.05, 4.69) is 15.3 Å². The van der Waals surface area contributed by atoms with Crippen LogP contribution in [0.3, 0.4) is 0 Å². The molecule has 11 heteroatoms. The minimum atomic E-state index is -3.91. The zero-order valence-corrected chi connectivity index (χ0v) is 17.1. The van der Waals surface area contributed by atoms with Crippen molar-refractivity contribution in [1.82, 2.24) is 5.43 Å². The molecular weight excluding hydrogens is 417 g/mol. The molecule has 9 nitrogen and oxygen atoms in total. The summed E-state index contributed by atoms with van der Waals surface area (Å²) in [5.74, 6) is -1.69. The van der Waals surface area contributed by atoms with Gasteiger partial charge in [-0.15, -0.1) is 0 Å². The topological polar surface area (TPSA) is 114 Å². The number of hydrogen-bond donors (Lipinski definition) is 1. The summed E-state index contributed by atoms with van der Waals surface area (Å²) in [7, 11) is -2.66. The number of para-hydroxylation sites is 1. The van der Waals surface area contributed by atoms with Crippen LogP contribution in [-0.4, -0.2) is 53.0 Å². The molecule has 0 radical (unpaired) electrons. The van der Waals surface area contributed by atoms with Crippen molar-refractivity contribution in [2.24, 2.45) is 5.10 Å². The van der Waals surface area contributed by atoms with Crippen molar-refractivity contribution in [3.8, 4) is 5.75 Å². The molecule has 0 saturated carbocycles. The van der Waals surface area contributed by atoms with Gasteiger partial charge in [0.25, 0.3) is 5.91 Å². The molecule has 0 aromatic heterocycles. The normalized spacial score (nSPS) is 11.2. The largest absolute Gasteiger partial charge is 0.482 e. The minimum absolute atomic E-state index is 0.241. The minimum Gasteiger partial charge on any atom is -0.482 e. The van der Waals surface area contributed by atoms with Crippen molar-refractivity contribution in [3.63, 3.8) is 0 Å². The lowest BCUT2D eigenvalue weighted by Crippen LogP contribution is -2.39. The summed E-state index contributed by atoms with van der Waals surface area (Å²) < 4.78 is 48.3. The Bertz CT molecular complexity index is 1040. The first kappa shape index (κ1) is 22.8. The number of halogens is 1. The quantitative estimate of drug-likeness (QED) is 0.359. The maximum absolute atomic E-state index is 14.0. The number of nitrogens with zero attached hydrogens (tertiary/aromatic N) is 2. The lowest BCUT2D eigenvalue weighted by atomic mass is 10.2. The van der Waals surface area contributed by atoms with E-state index < -0.39 is 34.3 Å². The van der Waals surface area contributed by atoms with Gasteiger partial charge in [0.2, 0.25) is 10.0 Å². The molecule has 0 heterocycles. The zero-order valence-electron chi connectivity index (χ0n) is 16.2. The van der Waals surface area contributed by atoms with E-state index in [-0.39, 0.29) is 12.3 Å². The van der Waals surface area contributed by atoms with Crippen LogP contribution in [0.2, 0.25) is 0 Å². The molecule has 160 valence electrons. The molecule has 0 aliphatic rings. The Labute approximate surface area is 173 Å². The fourth-order valence-electron chi connectivity index (χ4n) is 2.27. The van der Waals surface area contributed by atoms with Crippen LogP contribution in [0.4, 0.5) is 10.1 Å². The monoisotopic (exact) mass is 437 g/mol. The van der Waals surface area contributed by atoms with Gasteiger partial charge in [-0.2, -0.15) is 5.10 Å². The predicted molar refractivity (Wildman–Crippen MR) is 108 cm³/mol. The Hall–Kier alpha value is -3.47. The number of benzene rings is 2. The second kappa shape index (κ2) is 10.3. The third kappa shape index (κ3) is 6.85. The summed E-state index contributed by atoms with van der Waals surface area (Å²) in [5, 5.41) is 3.76. The fraction of sp³-hybridized carbons (Fsp3) is 0.211. The van der Waals surface area contributed by atoms with E-state index in [4.69, 9.17) is 4.74 Å². The van der Waals surface area contributed by atoms with Crippen LogP contribution in [0, 0.1) is 5.82 Å². The Balaban J connectivity index is 2.01. The average molecular weight is 437 g/mol. The molecule has 0 fully saturated rings. The Morgan fingerprint density at radius 3 is 2.60 bits per heavy atom. The first-order chi connectivity index (χ1) is 14.2. The van der Waals surface area contributed by atoms with Gasteiger partial charge >= 0.3 is 5.97 Å². The van der Waals surface area contributed by atoms with Crippen LogP contribution in [0.1, 0.15) is 5.56 Å². The van der Waals surface area contributed by atoms with Crippen LogP contribution >= 0.6 is 0 Å². The Kier molecular flexibility index (Phi) is 7.87. The van der Waals surface area contributed by atoms with Crippen LogP contribution in [0.5, 0.6) is 5.75 Å². The second-order valence-electron chi connectivity index (χ2n) is 5.95. The second-order valence-corrected chi connectivity index (χ2v) is 7.86. The first-order valence-electron chi connectivity index (χ1n) is 8.54. The van der Waals surface area contributed by atoms with Crippen molar-refractivity contribution in [2.75, 3.05) is 30.8 Å². The highest BCUT2D eigenvalue weighted by Gasteiger charge is 2.23. The van der Waals surface area contributed by atoms with Gasteiger partial charge in [0, 0.05) is 0 Å². The standard InChI is InChI=1S/C19H20FN3O6S/c1-28-19(25)13-29-15-7-5-6-14(10-15)11-21-22-18(24)12-23(30(2,26)27)17-9-4-3-8-16(17)20/h3-11H,12-13H2,1-2H3,(H,22,24)/b21-11-. The Morgan fingerprint density at radius 2 is 1.93 bits per heavy atom. The molecule has 0 unspecified atom stereocenters. The SMILES string of the molecule is COC(=O)COc1cccc(/C=N\NC(=O)CN(c2ccccc2F)S(C)(=O)=O)c1. The van der Waals surface area contributed by atoms with Crippen molar-refractivity contribution >= 4 is 33.8 Å². The van der Waals surface area contributed by atoms with E-state index >= 15 is 0 Å². The van der Waals surface area contributed by atoms with E-state index in [0.717, 1.165) is 12.3 Å². The van der Waals surface area contributed by atoms with Gasteiger partial charge < -0.3 is 9.47 Å². The van der Waals surface area contributed by atoms with Crippen molar-refractivity contribution in [3.05, 3.63) is 59.9 Å². The third-order valence-electron chi connectivity index (χ3n) is 3.65. The maximum Gasteiger partial charge on any atom is 0.343 e. The molecule has 2 aromatic rings. The molecule has 30 heavy (non-hydrogen) atoms. The molecule has 0 bridgehead atoms. The maximum atomic E-state index is 14.0. The number of sulfonamides is 1. The van der Waals surface area contributed by atoms with Crippen LogP contribution in [-0.2, 0) is 24.3 Å². The average Bonchev–Trinajstić information content (AvgIpc) is 2.70. The molecule has 0 aliphatic heterocycles. The van der Waals surface area contributed by atoms with E-state index in [0.29, 0.717) is 15.6 Å².